The normalized spacial score (nSPS) is 16.4. The summed E-state index contributed by atoms with van der Waals surface area (Å²) in [6.45, 7) is 1.80. The molecule has 2 atom stereocenters. The van der Waals surface area contributed by atoms with E-state index < -0.39 is 0 Å². The Balaban J connectivity index is 3.13. The van der Waals surface area contributed by atoms with Crippen molar-refractivity contribution in [1.82, 2.24) is 0 Å². The van der Waals surface area contributed by atoms with Crippen LogP contribution in [0.2, 0.25) is 0 Å². The van der Waals surface area contributed by atoms with Crippen LogP contribution in [0.3, 0.4) is 0 Å². The molecule has 0 heterocycles. The number of rotatable bonds is 6. The fraction of sp³-hybridized carbons (Fsp3) is 1.00. The molecule has 0 bridgehead atoms. The average molecular weight is 606 g/mol. The molecule has 0 aliphatic rings. The van der Waals surface area contributed by atoms with E-state index in [0.717, 1.165) is 13.2 Å². The van der Waals surface area contributed by atoms with E-state index >= 15 is 0 Å². The molecule has 0 fully saturated rings. The van der Waals surface area contributed by atoms with E-state index in [2.05, 4.69) is 90.4 Å². The highest BCUT2D eigenvalue weighted by molar-refractivity contribution is 14.1. The summed E-state index contributed by atoms with van der Waals surface area (Å²) in [4.78, 5) is 0. The SMILES string of the molecule is ICC(I)COCC(I)CI. The van der Waals surface area contributed by atoms with Gasteiger partial charge in [-0.15, -0.1) is 0 Å². The quantitative estimate of drug-likeness (QED) is 0.333. The Morgan fingerprint density at radius 3 is 1.55 bits per heavy atom. The lowest BCUT2D eigenvalue weighted by molar-refractivity contribution is 0.148. The Bertz CT molecular complexity index is 80.7. The van der Waals surface area contributed by atoms with Gasteiger partial charge >= 0.3 is 0 Å². The molecule has 5 heteroatoms. The summed E-state index contributed by atoms with van der Waals surface area (Å²) in [6, 6.07) is 0. The first-order valence-electron chi connectivity index (χ1n) is 3.18. The zero-order valence-electron chi connectivity index (χ0n) is 5.90. The molecule has 0 aromatic carbocycles. The van der Waals surface area contributed by atoms with Gasteiger partial charge < -0.3 is 4.74 Å². The summed E-state index contributed by atoms with van der Waals surface area (Å²) in [7, 11) is 0. The summed E-state index contributed by atoms with van der Waals surface area (Å²) in [5.41, 5.74) is 0. The molecule has 0 radical (unpaired) electrons. The first-order chi connectivity index (χ1) is 5.20. The first-order valence-corrected chi connectivity index (χ1v) is 8.72. The lowest BCUT2D eigenvalue weighted by atomic mass is 10.5. The highest BCUT2D eigenvalue weighted by atomic mass is 127. The minimum atomic E-state index is 0.672. The predicted molar refractivity (Wildman–Crippen MR) is 84.2 cm³/mol. The van der Waals surface area contributed by atoms with Gasteiger partial charge in [-0.25, -0.2) is 0 Å². The van der Waals surface area contributed by atoms with E-state index in [1.165, 1.54) is 8.86 Å². The average Bonchev–Trinajstić information content (AvgIpc) is 2.04. The topological polar surface area (TPSA) is 9.23 Å². The molecular formula is C6H10I4O. The van der Waals surface area contributed by atoms with Crippen LogP contribution >= 0.6 is 90.4 Å². The lowest BCUT2D eigenvalue weighted by Crippen LogP contribution is -2.15. The number of ether oxygens (including phenoxy) is 1. The molecule has 0 saturated carbocycles. The molecule has 0 rings (SSSR count). The van der Waals surface area contributed by atoms with Gasteiger partial charge in [0.2, 0.25) is 0 Å². The van der Waals surface area contributed by atoms with Crippen molar-refractivity contribution in [2.24, 2.45) is 0 Å². The van der Waals surface area contributed by atoms with Gasteiger partial charge in [0.05, 0.1) is 13.2 Å². The smallest absolute Gasteiger partial charge is 0.0591 e. The zero-order chi connectivity index (χ0) is 8.69. The third-order valence-electron chi connectivity index (χ3n) is 0.932. The van der Waals surface area contributed by atoms with Crippen LogP contribution in [0.5, 0.6) is 0 Å². The molecule has 0 aromatic rings. The van der Waals surface area contributed by atoms with Crippen LogP contribution < -0.4 is 0 Å². The van der Waals surface area contributed by atoms with Gasteiger partial charge in [0.15, 0.2) is 0 Å². The van der Waals surface area contributed by atoms with Crippen LogP contribution in [0, 0.1) is 0 Å². The summed E-state index contributed by atoms with van der Waals surface area (Å²) in [5, 5.41) is 0. The highest BCUT2D eigenvalue weighted by Gasteiger charge is 2.04. The van der Waals surface area contributed by atoms with Crippen molar-refractivity contribution in [2.75, 3.05) is 22.1 Å². The van der Waals surface area contributed by atoms with Gasteiger partial charge in [0.25, 0.3) is 0 Å². The Labute approximate surface area is 123 Å². The van der Waals surface area contributed by atoms with Gasteiger partial charge in [0, 0.05) is 16.7 Å². The van der Waals surface area contributed by atoms with Crippen molar-refractivity contribution in [3.63, 3.8) is 0 Å². The molecule has 0 aliphatic heterocycles. The molecule has 0 aromatic heterocycles. The number of halogens is 4. The van der Waals surface area contributed by atoms with Crippen LogP contribution in [0.1, 0.15) is 0 Å². The predicted octanol–water partition coefficient (Wildman–Crippen LogP) is 3.48. The fourth-order valence-corrected chi connectivity index (χ4v) is 1.43. The standard InChI is InChI=1S/C6H10I4O/c7-1-5(9)3-11-4-6(10)2-8/h5-6H,1-4H2. The number of hydrogen-bond acceptors (Lipinski definition) is 1. The van der Waals surface area contributed by atoms with Crippen molar-refractivity contribution in [3.8, 4) is 0 Å². The van der Waals surface area contributed by atoms with Crippen molar-refractivity contribution >= 4 is 90.4 Å². The van der Waals surface area contributed by atoms with Crippen LogP contribution in [-0.4, -0.2) is 29.9 Å². The van der Waals surface area contributed by atoms with E-state index in [4.69, 9.17) is 4.74 Å². The molecule has 2 unspecified atom stereocenters. The molecule has 1 nitrogen and oxygen atoms in total. The Kier molecular flexibility index (Phi) is 11.9. The summed E-state index contributed by atoms with van der Waals surface area (Å²) in [6.07, 6.45) is 0. The first kappa shape index (κ1) is 13.9. The second-order valence-corrected chi connectivity index (χ2v) is 7.33. The van der Waals surface area contributed by atoms with Gasteiger partial charge in [0.1, 0.15) is 0 Å². The van der Waals surface area contributed by atoms with Crippen molar-refractivity contribution in [2.45, 2.75) is 7.85 Å². The van der Waals surface area contributed by atoms with Gasteiger partial charge in [-0.05, 0) is 0 Å². The van der Waals surface area contributed by atoms with Crippen molar-refractivity contribution < 1.29 is 4.74 Å². The van der Waals surface area contributed by atoms with Gasteiger partial charge in [-0.3, -0.25) is 0 Å². The van der Waals surface area contributed by atoms with E-state index in [0.29, 0.717) is 7.85 Å². The van der Waals surface area contributed by atoms with Crippen LogP contribution in [0.25, 0.3) is 0 Å². The maximum absolute atomic E-state index is 5.51. The van der Waals surface area contributed by atoms with E-state index in [1.54, 1.807) is 0 Å². The van der Waals surface area contributed by atoms with Gasteiger partial charge in [-0.1, -0.05) is 90.4 Å². The lowest BCUT2D eigenvalue weighted by Gasteiger charge is -2.09. The monoisotopic (exact) mass is 606 g/mol. The third-order valence-corrected chi connectivity index (χ3v) is 8.03. The van der Waals surface area contributed by atoms with E-state index in [-0.39, 0.29) is 0 Å². The number of hydrogen-bond donors (Lipinski definition) is 0. The second-order valence-electron chi connectivity index (χ2n) is 2.04. The summed E-state index contributed by atoms with van der Waals surface area (Å²) in [5.74, 6) is 0. The summed E-state index contributed by atoms with van der Waals surface area (Å²) < 4.78 is 9.21. The molecule has 0 amide bonds. The largest absolute Gasteiger partial charge is 0.379 e. The van der Waals surface area contributed by atoms with Crippen molar-refractivity contribution in [1.29, 1.82) is 0 Å². The molecule has 68 valence electrons. The molecule has 0 spiro atoms. The van der Waals surface area contributed by atoms with Crippen LogP contribution in [0.4, 0.5) is 0 Å². The summed E-state index contributed by atoms with van der Waals surface area (Å²) >= 11 is 9.63. The third kappa shape index (κ3) is 9.19. The van der Waals surface area contributed by atoms with Crippen LogP contribution in [0.15, 0.2) is 0 Å². The Hall–Kier alpha value is 2.88. The molecule has 11 heavy (non-hydrogen) atoms. The van der Waals surface area contributed by atoms with Crippen molar-refractivity contribution in [3.05, 3.63) is 0 Å². The Morgan fingerprint density at radius 1 is 0.909 bits per heavy atom. The minimum absolute atomic E-state index is 0.672. The second kappa shape index (κ2) is 9.44. The number of alkyl halides is 4. The molecule has 0 N–H and O–H groups in total. The molecule has 0 saturated heterocycles. The maximum atomic E-state index is 5.51. The van der Waals surface area contributed by atoms with Crippen LogP contribution in [-0.2, 0) is 4.74 Å². The molecular weight excluding hydrogens is 596 g/mol. The van der Waals surface area contributed by atoms with E-state index in [9.17, 15) is 0 Å². The minimum Gasteiger partial charge on any atom is -0.379 e. The maximum Gasteiger partial charge on any atom is 0.0591 e. The Morgan fingerprint density at radius 2 is 1.27 bits per heavy atom. The highest BCUT2D eigenvalue weighted by Crippen LogP contribution is 2.08. The van der Waals surface area contributed by atoms with Gasteiger partial charge in [-0.2, -0.15) is 0 Å². The zero-order valence-corrected chi connectivity index (χ0v) is 14.5. The fourth-order valence-electron chi connectivity index (χ4n) is 0.413. The molecule has 0 aliphatic carbocycles. The van der Waals surface area contributed by atoms with E-state index in [1.807, 2.05) is 0 Å².